The zero-order valence-corrected chi connectivity index (χ0v) is 25.3. The van der Waals surface area contributed by atoms with Gasteiger partial charge in [0.25, 0.3) is 11.5 Å². The maximum atomic E-state index is 15.1. The Morgan fingerprint density at radius 1 is 1.02 bits per heavy atom. The van der Waals surface area contributed by atoms with Gasteiger partial charge in [0.2, 0.25) is 0 Å². The second kappa shape index (κ2) is 12.6. The predicted molar refractivity (Wildman–Crippen MR) is 162 cm³/mol. The first-order valence-corrected chi connectivity index (χ1v) is 14.3. The number of benzene rings is 3. The molecule has 0 saturated carbocycles. The number of carbonyl (C=O) groups excluding carboxylic acids is 1. The number of alkyl halides is 3. The number of morpholine rings is 1. The molecular formula is C32H29F5N4O6. The van der Waals surface area contributed by atoms with Gasteiger partial charge in [-0.1, -0.05) is 36.4 Å². The Morgan fingerprint density at radius 3 is 2.28 bits per heavy atom. The molecule has 4 aromatic rings. The van der Waals surface area contributed by atoms with Gasteiger partial charge in [-0.3, -0.25) is 14.2 Å². The molecule has 1 amide bonds. The molecule has 10 nitrogen and oxygen atoms in total. The highest BCUT2D eigenvalue weighted by molar-refractivity contribution is 6.00. The summed E-state index contributed by atoms with van der Waals surface area (Å²) >= 11 is 0. The average Bonchev–Trinajstić information content (AvgIpc) is 3.02. The van der Waals surface area contributed by atoms with E-state index in [9.17, 15) is 37.5 Å². The van der Waals surface area contributed by atoms with Crippen LogP contribution in [0, 0.1) is 18.6 Å². The Labute approximate surface area is 263 Å². The monoisotopic (exact) mass is 660 g/mol. The summed E-state index contributed by atoms with van der Waals surface area (Å²) in [6, 6.07) is 7.25. The van der Waals surface area contributed by atoms with Crippen molar-refractivity contribution >= 4 is 28.3 Å². The fraction of sp³-hybridized carbons (Fsp3) is 0.312. The number of hydrogen-bond acceptors (Lipinski definition) is 6. The van der Waals surface area contributed by atoms with Crippen LogP contribution in [0.2, 0.25) is 0 Å². The zero-order chi connectivity index (χ0) is 34.4. The maximum Gasteiger partial charge on any atom is 0.411 e. The van der Waals surface area contributed by atoms with Crippen molar-refractivity contribution in [3.63, 3.8) is 0 Å². The van der Waals surface area contributed by atoms with Crippen LogP contribution >= 0.6 is 0 Å². The molecule has 1 aliphatic rings. The number of fused-ring (bicyclic) bond motifs is 1. The third-order valence-corrected chi connectivity index (χ3v) is 8.36. The Balaban J connectivity index is 1.47. The van der Waals surface area contributed by atoms with Crippen LogP contribution in [0.4, 0.5) is 27.6 Å². The lowest BCUT2D eigenvalue weighted by Crippen LogP contribution is -2.53. The van der Waals surface area contributed by atoms with Crippen LogP contribution in [-0.2, 0) is 30.0 Å². The number of amides is 1. The fourth-order valence-corrected chi connectivity index (χ4v) is 5.79. The number of carboxylic acids is 1. The van der Waals surface area contributed by atoms with Crippen molar-refractivity contribution in [2.75, 3.05) is 24.7 Å². The first-order chi connectivity index (χ1) is 22.1. The third-order valence-electron chi connectivity index (χ3n) is 8.36. The molecule has 47 heavy (non-hydrogen) atoms. The minimum absolute atomic E-state index is 0.116. The molecule has 1 unspecified atom stereocenters. The Kier molecular flexibility index (Phi) is 8.95. The molecule has 15 heteroatoms. The molecular weight excluding hydrogens is 631 g/mol. The standard InChI is InChI=1S/C32H29F5N4O6/c1-16-26(29(43)40(3)31(46)39(16)2)21-9-8-17(19-6-4-5-7-20(19)21)12-24(30(44)45)38-28(42)27-22(33)13-18(14-23(27)34)41-10-11-47-15-25(41)32(35,36)37/h4-9,13-14,24-25H,10-12,15H2,1-3H3,(H,38,42)(H,44,45)/t24?,25-/m1/s1. The quantitative estimate of drug-likeness (QED) is 0.290. The van der Waals surface area contributed by atoms with E-state index < -0.39 is 70.9 Å². The van der Waals surface area contributed by atoms with Gasteiger partial charge < -0.3 is 24.6 Å². The molecule has 2 N–H and O–H groups in total. The fourth-order valence-electron chi connectivity index (χ4n) is 5.79. The third kappa shape index (κ3) is 6.22. The van der Waals surface area contributed by atoms with E-state index in [-0.39, 0.29) is 25.1 Å². The summed E-state index contributed by atoms with van der Waals surface area (Å²) in [6.07, 6.45) is -5.09. The number of carbonyl (C=O) groups is 2. The molecule has 5 rings (SSSR count). The predicted octanol–water partition coefficient (Wildman–Crippen LogP) is 3.68. The highest BCUT2D eigenvalue weighted by atomic mass is 19.4. The second-order valence-corrected chi connectivity index (χ2v) is 11.2. The van der Waals surface area contributed by atoms with Crippen molar-refractivity contribution in [3.05, 3.63) is 97.8 Å². The normalized spacial score (nSPS) is 15.9. The van der Waals surface area contributed by atoms with E-state index in [1.165, 1.54) is 18.7 Å². The van der Waals surface area contributed by atoms with Crippen molar-refractivity contribution in [1.29, 1.82) is 0 Å². The lowest BCUT2D eigenvalue weighted by Gasteiger charge is -2.38. The summed E-state index contributed by atoms with van der Waals surface area (Å²) in [7, 11) is 2.88. The largest absolute Gasteiger partial charge is 0.480 e. The zero-order valence-electron chi connectivity index (χ0n) is 25.3. The molecule has 0 bridgehead atoms. The number of halogens is 5. The average molecular weight is 661 g/mol. The van der Waals surface area contributed by atoms with E-state index in [1.807, 2.05) is 0 Å². The topological polar surface area (TPSA) is 123 Å². The number of carboxylic acid groups (broad SMARTS) is 1. The first kappa shape index (κ1) is 33.3. The number of hydrogen-bond donors (Lipinski definition) is 2. The summed E-state index contributed by atoms with van der Waals surface area (Å²) in [4.78, 5) is 51.6. The van der Waals surface area contributed by atoms with E-state index in [4.69, 9.17) is 4.74 Å². The maximum absolute atomic E-state index is 15.1. The van der Waals surface area contributed by atoms with Gasteiger partial charge in [0.15, 0.2) is 0 Å². The molecule has 1 aliphatic heterocycles. The lowest BCUT2D eigenvalue weighted by molar-refractivity contribution is -0.167. The van der Waals surface area contributed by atoms with E-state index in [1.54, 1.807) is 43.3 Å². The highest BCUT2D eigenvalue weighted by Gasteiger charge is 2.46. The van der Waals surface area contributed by atoms with Crippen LogP contribution in [0.3, 0.4) is 0 Å². The summed E-state index contributed by atoms with van der Waals surface area (Å²) in [5.74, 6) is -5.89. The van der Waals surface area contributed by atoms with Gasteiger partial charge in [-0.15, -0.1) is 0 Å². The van der Waals surface area contributed by atoms with Gasteiger partial charge in [-0.2, -0.15) is 13.2 Å². The van der Waals surface area contributed by atoms with Crippen LogP contribution in [0.25, 0.3) is 21.9 Å². The summed E-state index contributed by atoms with van der Waals surface area (Å²) < 4.78 is 78.0. The van der Waals surface area contributed by atoms with E-state index >= 15 is 8.78 Å². The number of ether oxygens (including phenoxy) is 1. The van der Waals surface area contributed by atoms with Crippen molar-refractivity contribution in [2.45, 2.75) is 31.6 Å². The molecule has 1 saturated heterocycles. The molecule has 1 aromatic heterocycles. The molecule has 0 aliphatic carbocycles. The molecule has 2 heterocycles. The van der Waals surface area contributed by atoms with Gasteiger partial charge in [-0.05, 0) is 41.0 Å². The SMILES string of the molecule is Cc1c(-c2ccc(CC(NC(=O)c3c(F)cc(N4CCOC[C@@H]4C(F)(F)F)cc3F)C(=O)O)c3ccccc23)c(=O)n(C)c(=O)n1C. The molecule has 2 atom stereocenters. The number of aliphatic carboxylic acids is 1. The number of nitrogens with one attached hydrogen (secondary N) is 1. The summed E-state index contributed by atoms with van der Waals surface area (Å²) in [5.41, 5.74) is -1.09. The first-order valence-electron chi connectivity index (χ1n) is 14.3. The highest BCUT2D eigenvalue weighted by Crippen LogP contribution is 2.34. The Bertz CT molecular complexity index is 2000. The van der Waals surface area contributed by atoms with Crippen molar-refractivity contribution in [3.8, 4) is 11.1 Å². The lowest BCUT2D eigenvalue weighted by atomic mass is 9.92. The van der Waals surface area contributed by atoms with Crippen LogP contribution in [0.5, 0.6) is 0 Å². The summed E-state index contributed by atoms with van der Waals surface area (Å²) in [6.45, 7) is 0.456. The van der Waals surface area contributed by atoms with Gasteiger partial charge >= 0.3 is 17.8 Å². The van der Waals surface area contributed by atoms with Gasteiger partial charge in [0.1, 0.15) is 29.3 Å². The van der Waals surface area contributed by atoms with Crippen LogP contribution in [-0.4, -0.2) is 64.1 Å². The molecule has 248 valence electrons. The van der Waals surface area contributed by atoms with Gasteiger partial charge in [0.05, 0.1) is 18.8 Å². The van der Waals surface area contributed by atoms with E-state index in [0.717, 1.165) is 9.47 Å². The van der Waals surface area contributed by atoms with Crippen molar-refractivity contribution in [1.82, 2.24) is 14.5 Å². The minimum atomic E-state index is -4.76. The van der Waals surface area contributed by atoms with Crippen molar-refractivity contribution in [2.24, 2.45) is 14.1 Å². The number of aromatic nitrogens is 2. The van der Waals surface area contributed by atoms with Crippen LogP contribution in [0.15, 0.2) is 58.1 Å². The van der Waals surface area contributed by atoms with Gasteiger partial charge in [-0.25, -0.2) is 18.4 Å². The number of nitrogens with zero attached hydrogens (tertiary/aromatic N) is 3. The molecule has 3 aromatic carbocycles. The molecule has 0 spiro atoms. The Hall–Kier alpha value is -5.05. The van der Waals surface area contributed by atoms with Gasteiger partial charge in [0, 0.05) is 38.4 Å². The number of rotatable bonds is 7. The van der Waals surface area contributed by atoms with Crippen LogP contribution in [0.1, 0.15) is 21.6 Å². The smallest absolute Gasteiger partial charge is 0.411 e. The van der Waals surface area contributed by atoms with Crippen LogP contribution < -0.4 is 21.5 Å². The molecule has 0 radical (unpaired) electrons. The number of anilines is 1. The minimum Gasteiger partial charge on any atom is -0.480 e. The van der Waals surface area contributed by atoms with E-state index in [2.05, 4.69) is 5.32 Å². The summed E-state index contributed by atoms with van der Waals surface area (Å²) in [5, 5.41) is 13.1. The Morgan fingerprint density at radius 2 is 1.66 bits per heavy atom. The second-order valence-electron chi connectivity index (χ2n) is 11.2. The molecule has 1 fully saturated rings. The van der Waals surface area contributed by atoms with E-state index in [0.29, 0.717) is 39.7 Å². The van der Waals surface area contributed by atoms with Crippen molar-refractivity contribution < 1.29 is 41.4 Å².